The zero-order valence-corrected chi connectivity index (χ0v) is 11.1. The molecule has 2 N–H and O–H groups in total. The van der Waals surface area contributed by atoms with Gasteiger partial charge in [0.05, 0.1) is 6.04 Å². The van der Waals surface area contributed by atoms with Crippen LogP contribution in [0.3, 0.4) is 0 Å². The first-order chi connectivity index (χ1) is 9.16. The molecule has 6 heteroatoms. The quantitative estimate of drug-likeness (QED) is 0.841. The lowest BCUT2D eigenvalue weighted by atomic mass is 10.1. The van der Waals surface area contributed by atoms with Crippen LogP contribution in [0.5, 0.6) is 0 Å². The fourth-order valence-electron chi connectivity index (χ4n) is 1.53. The fraction of sp³-hybridized carbons (Fsp3) is 0.154. The Morgan fingerprint density at radius 1 is 1.21 bits per heavy atom. The molecule has 0 aliphatic rings. The smallest absolute Gasteiger partial charge is 0.315 e. The second-order valence-electron chi connectivity index (χ2n) is 3.90. The standard InChI is InChI=1S/C13H13N3O2S/c1-9(10-5-3-2-4-6-10)15-11(17)12(18)16-13-14-7-8-19-13/h2-9H,1H3,(H,15,17)(H,14,16,18)/t9-/m0/s1. The van der Waals surface area contributed by atoms with Crippen molar-refractivity contribution in [3.8, 4) is 0 Å². The minimum atomic E-state index is -0.710. The van der Waals surface area contributed by atoms with Gasteiger partial charge < -0.3 is 5.32 Å². The van der Waals surface area contributed by atoms with Crippen LogP contribution in [0, 0.1) is 0 Å². The first-order valence-corrected chi connectivity index (χ1v) is 6.61. The Balaban J connectivity index is 1.92. The molecule has 0 radical (unpaired) electrons. The minimum Gasteiger partial charge on any atom is -0.341 e. The van der Waals surface area contributed by atoms with Gasteiger partial charge in [-0.1, -0.05) is 30.3 Å². The topological polar surface area (TPSA) is 71.1 Å². The summed E-state index contributed by atoms with van der Waals surface area (Å²) < 4.78 is 0. The van der Waals surface area contributed by atoms with Crippen molar-refractivity contribution in [3.63, 3.8) is 0 Å². The Hall–Kier alpha value is -2.21. The third-order valence-electron chi connectivity index (χ3n) is 2.51. The van der Waals surface area contributed by atoms with Gasteiger partial charge in [0.15, 0.2) is 5.13 Å². The molecule has 0 spiro atoms. The predicted molar refractivity (Wildman–Crippen MR) is 73.7 cm³/mol. The highest BCUT2D eigenvalue weighted by Crippen LogP contribution is 2.12. The summed E-state index contributed by atoms with van der Waals surface area (Å²) >= 11 is 1.26. The largest absolute Gasteiger partial charge is 0.341 e. The van der Waals surface area contributed by atoms with E-state index in [9.17, 15) is 9.59 Å². The number of carbonyl (C=O) groups is 2. The molecule has 0 fully saturated rings. The molecule has 0 unspecified atom stereocenters. The highest BCUT2D eigenvalue weighted by Gasteiger charge is 2.17. The maximum absolute atomic E-state index is 11.7. The van der Waals surface area contributed by atoms with Crippen molar-refractivity contribution in [2.75, 3.05) is 5.32 Å². The number of aromatic nitrogens is 1. The number of benzene rings is 1. The molecule has 0 bridgehead atoms. The number of anilines is 1. The van der Waals surface area contributed by atoms with Crippen LogP contribution >= 0.6 is 11.3 Å². The van der Waals surface area contributed by atoms with Crippen molar-refractivity contribution < 1.29 is 9.59 Å². The molecule has 0 saturated carbocycles. The number of hydrogen-bond acceptors (Lipinski definition) is 4. The lowest BCUT2D eigenvalue weighted by Gasteiger charge is -2.13. The van der Waals surface area contributed by atoms with E-state index in [0.717, 1.165) is 5.56 Å². The number of carbonyl (C=O) groups excluding carboxylic acids is 2. The predicted octanol–water partition coefficient (Wildman–Crippen LogP) is 1.96. The number of hydrogen-bond donors (Lipinski definition) is 2. The van der Waals surface area contributed by atoms with Crippen molar-refractivity contribution in [1.82, 2.24) is 10.3 Å². The molecule has 1 heterocycles. The second-order valence-corrected chi connectivity index (χ2v) is 4.79. The van der Waals surface area contributed by atoms with Crippen LogP contribution in [0.4, 0.5) is 5.13 Å². The van der Waals surface area contributed by atoms with Gasteiger partial charge in [0.25, 0.3) is 0 Å². The maximum atomic E-state index is 11.7. The number of amides is 2. The molecule has 2 aromatic rings. The van der Waals surface area contributed by atoms with Crippen LogP contribution in [-0.4, -0.2) is 16.8 Å². The molecule has 19 heavy (non-hydrogen) atoms. The van der Waals surface area contributed by atoms with E-state index in [1.807, 2.05) is 37.3 Å². The van der Waals surface area contributed by atoms with Gasteiger partial charge in [0.2, 0.25) is 0 Å². The maximum Gasteiger partial charge on any atom is 0.315 e. The van der Waals surface area contributed by atoms with E-state index in [1.165, 1.54) is 11.3 Å². The third kappa shape index (κ3) is 3.62. The highest BCUT2D eigenvalue weighted by molar-refractivity contribution is 7.13. The Labute approximate surface area is 114 Å². The molecule has 0 aliphatic carbocycles. The van der Waals surface area contributed by atoms with Crippen LogP contribution in [-0.2, 0) is 9.59 Å². The van der Waals surface area contributed by atoms with Gasteiger partial charge in [0.1, 0.15) is 0 Å². The summed E-state index contributed by atoms with van der Waals surface area (Å²) in [6.07, 6.45) is 1.56. The highest BCUT2D eigenvalue weighted by atomic mass is 32.1. The number of nitrogens with one attached hydrogen (secondary N) is 2. The molecule has 1 aromatic heterocycles. The summed E-state index contributed by atoms with van der Waals surface area (Å²) in [7, 11) is 0. The van der Waals surface area contributed by atoms with E-state index in [0.29, 0.717) is 5.13 Å². The molecule has 1 atom stereocenters. The van der Waals surface area contributed by atoms with Crippen LogP contribution in [0.15, 0.2) is 41.9 Å². The molecule has 2 rings (SSSR count). The van der Waals surface area contributed by atoms with Gasteiger partial charge in [0, 0.05) is 11.6 Å². The Morgan fingerprint density at radius 3 is 2.58 bits per heavy atom. The molecule has 2 amide bonds. The van der Waals surface area contributed by atoms with Crippen molar-refractivity contribution in [1.29, 1.82) is 0 Å². The fourth-order valence-corrected chi connectivity index (χ4v) is 2.05. The van der Waals surface area contributed by atoms with E-state index >= 15 is 0 Å². The van der Waals surface area contributed by atoms with E-state index in [-0.39, 0.29) is 6.04 Å². The van der Waals surface area contributed by atoms with Crippen LogP contribution in [0.25, 0.3) is 0 Å². The van der Waals surface area contributed by atoms with Crippen LogP contribution < -0.4 is 10.6 Å². The van der Waals surface area contributed by atoms with E-state index < -0.39 is 11.8 Å². The van der Waals surface area contributed by atoms with Gasteiger partial charge in [-0.2, -0.15) is 0 Å². The molecule has 1 aromatic carbocycles. The zero-order chi connectivity index (χ0) is 13.7. The van der Waals surface area contributed by atoms with E-state index in [1.54, 1.807) is 11.6 Å². The molecule has 98 valence electrons. The van der Waals surface area contributed by atoms with Gasteiger partial charge in [-0.05, 0) is 12.5 Å². The molecular weight excluding hydrogens is 262 g/mol. The number of rotatable bonds is 3. The average Bonchev–Trinajstić information content (AvgIpc) is 2.92. The summed E-state index contributed by atoms with van der Waals surface area (Å²) in [6, 6.07) is 9.22. The van der Waals surface area contributed by atoms with E-state index in [2.05, 4.69) is 15.6 Å². The normalized spacial score (nSPS) is 11.6. The van der Waals surface area contributed by atoms with Crippen molar-refractivity contribution >= 4 is 28.3 Å². The lowest BCUT2D eigenvalue weighted by molar-refractivity contribution is -0.136. The first-order valence-electron chi connectivity index (χ1n) is 5.73. The zero-order valence-electron chi connectivity index (χ0n) is 10.3. The van der Waals surface area contributed by atoms with Crippen LogP contribution in [0.2, 0.25) is 0 Å². The summed E-state index contributed by atoms with van der Waals surface area (Å²) in [5.74, 6) is -1.38. The summed E-state index contributed by atoms with van der Waals surface area (Å²) in [4.78, 5) is 27.2. The number of nitrogens with zero attached hydrogens (tertiary/aromatic N) is 1. The third-order valence-corrected chi connectivity index (χ3v) is 3.19. The monoisotopic (exact) mass is 275 g/mol. The Morgan fingerprint density at radius 2 is 1.95 bits per heavy atom. The van der Waals surface area contributed by atoms with Gasteiger partial charge in [-0.3, -0.25) is 14.9 Å². The Kier molecular flexibility index (Phi) is 4.25. The van der Waals surface area contributed by atoms with Crippen molar-refractivity contribution in [2.45, 2.75) is 13.0 Å². The van der Waals surface area contributed by atoms with Gasteiger partial charge in [-0.15, -0.1) is 11.3 Å². The van der Waals surface area contributed by atoms with E-state index in [4.69, 9.17) is 0 Å². The van der Waals surface area contributed by atoms with Crippen molar-refractivity contribution in [2.24, 2.45) is 0 Å². The van der Waals surface area contributed by atoms with Gasteiger partial charge in [-0.25, -0.2) is 4.98 Å². The number of thiazole rings is 1. The summed E-state index contributed by atoms with van der Waals surface area (Å²) in [5, 5.41) is 7.20. The molecular formula is C13H13N3O2S. The SMILES string of the molecule is C[C@H](NC(=O)C(=O)Nc1nccs1)c1ccccc1. The minimum absolute atomic E-state index is 0.226. The van der Waals surface area contributed by atoms with Crippen LogP contribution in [0.1, 0.15) is 18.5 Å². The van der Waals surface area contributed by atoms with Crippen molar-refractivity contribution in [3.05, 3.63) is 47.5 Å². The second kappa shape index (κ2) is 6.10. The molecule has 0 aliphatic heterocycles. The molecule has 5 nitrogen and oxygen atoms in total. The average molecular weight is 275 g/mol. The molecule has 0 saturated heterocycles. The summed E-state index contributed by atoms with van der Waals surface area (Å²) in [6.45, 7) is 1.82. The summed E-state index contributed by atoms with van der Waals surface area (Å²) in [5.41, 5.74) is 0.942. The first kappa shape index (κ1) is 13.2. The van der Waals surface area contributed by atoms with Gasteiger partial charge >= 0.3 is 11.8 Å². The lowest BCUT2D eigenvalue weighted by Crippen LogP contribution is -2.36. The Bertz CT molecular complexity index is 555.